The zero-order chi connectivity index (χ0) is 15.3. The van der Waals surface area contributed by atoms with Gasteiger partial charge in [0.25, 0.3) is 0 Å². The molecule has 0 rings (SSSR count). The molecule has 0 aliphatic heterocycles. The van der Waals surface area contributed by atoms with Crippen LogP contribution in [0.5, 0.6) is 0 Å². The zero-order valence-electron chi connectivity index (χ0n) is 15.7. The summed E-state index contributed by atoms with van der Waals surface area (Å²) in [6.45, 7) is 5.20. The van der Waals surface area contributed by atoms with Crippen LogP contribution in [0.2, 0.25) is 0 Å². The Hall–Kier alpha value is 0.554. The maximum atomic E-state index is 8.47. The third-order valence-corrected chi connectivity index (χ3v) is 3.52. The number of unbranched alkanes of at least 4 members (excludes halogenated alkanes) is 12. The second kappa shape index (κ2) is 38.2. The van der Waals surface area contributed by atoms with Gasteiger partial charge in [-0.05, 0) is 12.8 Å². The summed E-state index contributed by atoms with van der Waals surface area (Å²) in [4.78, 5) is 0. The van der Waals surface area contributed by atoms with Gasteiger partial charge in [-0.1, -0.05) is 90.9 Å². The van der Waals surface area contributed by atoms with Gasteiger partial charge in [0.15, 0.2) is 0 Å². The van der Waals surface area contributed by atoms with Gasteiger partial charge in [0.1, 0.15) is 0 Å². The summed E-state index contributed by atoms with van der Waals surface area (Å²) in [5.74, 6) is 0. The molecule has 0 aromatic carbocycles. The minimum Gasteiger partial charge on any atom is -0.412 e. The van der Waals surface area contributed by atoms with Crippen molar-refractivity contribution in [3.05, 3.63) is 0 Å². The molecule has 23 heavy (non-hydrogen) atoms. The van der Waals surface area contributed by atoms with E-state index in [-0.39, 0.29) is 32.7 Å². The Labute approximate surface area is 160 Å². The second-order valence-electron chi connectivity index (χ2n) is 5.69. The van der Waals surface area contributed by atoms with Crippen molar-refractivity contribution in [2.24, 2.45) is 0 Å². The first-order valence-electron chi connectivity index (χ1n) is 9.05. The molecular weight excluding hydrogens is 328 g/mol. The fourth-order valence-corrected chi connectivity index (χ4v) is 2.14. The van der Waals surface area contributed by atoms with Crippen molar-refractivity contribution in [1.29, 1.82) is 0 Å². The molecule has 0 unspecified atom stereocenters. The van der Waals surface area contributed by atoms with Crippen LogP contribution in [0.1, 0.15) is 104 Å². The molecule has 144 valence electrons. The quantitative estimate of drug-likeness (QED) is 0.358. The van der Waals surface area contributed by atoms with Crippen molar-refractivity contribution >= 4 is 0 Å². The van der Waals surface area contributed by atoms with Gasteiger partial charge < -0.3 is 21.2 Å². The number of hydrogen-bond donors (Lipinski definition) is 2. The third kappa shape index (κ3) is 45.0. The van der Waals surface area contributed by atoms with Crippen LogP contribution in [0.4, 0.5) is 0 Å². The molecule has 0 heterocycles. The van der Waals surface area contributed by atoms with E-state index in [2.05, 4.69) is 13.8 Å². The summed E-state index contributed by atoms with van der Waals surface area (Å²) in [5, 5.41) is 16.9. The molecule has 0 spiro atoms. The van der Waals surface area contributed by atoms with E-state index in [1.807, 2.05) is 0 Å². The van der Waals surface area contributed by atoms with E-state index in [0.29, 0.717) is 13.2 Å². The van der Waals surface area contributed by atoms with E-state index in [0.717, 1.165) is 12.8 Å². The van der Waals surface area contributed by atoms with Crippen LogP contribution >= 0.6 is 0 Å². The van der Waals surface area contributed by atoms with Crippen molar-refractivity contribution in [2.75, 3.05) is 13.2 Å². The smallest absolute Gasteiger partial charge is 0.0431 e. The zero-order valence-corrected chi connectivity index (χ0v) is 17.3. The monoisotopic (exact) mass is 372 g/mol. The SMILES string of the molecule is CCCCCCCCCO.CCCCCCCCCO.O.O.[Ti]. The molecule has 0 aromatic heterocycles. The summed E-state index contributed by atoms with van der Waals surface area (Å²) in [5.41, 5.74) is 0. The topological polar surface area (TPSA) is 103 Å². The number of aliphatic hydroxyl groups is 2. The molecule has 0 atom stereocenters. The molecule has 5 heteroatoms. The fraction of sp³-hybridized carbons (Fsp3) is 1.00. The van der Waals surface area contributed by atoms with Crippen LogP contribution in [0.3, 0.4) is 0 Å². The van der Waals surface area contributed by atoms with E-state index in [4.69, 9.17) is 10.2 Å². The van der Waals surface area contributed by atoms with Crippen molar-refractivity contribution in [3.63, 3.8) is 0 Å². The van der Waals surface area contributed by atoms with Gasteiger partial charge in [-0.2, -0.15) is 0 Å². The molecule has 0 aliphatic carbocycles. The predicted octanol–water partition coefficient (Wildman–Crippen LogP) is 3.81. The molecule has 0 saturated carbocycles. The predicted molar refractivity (Wildman–Crippen MR) is 97.4 cm³/mol. The van der Waals surface area contributed by atoms with Crippen LogP contribution in [0.25, 0.3) is 0 Å². The Kier molecular flexibility index (Phi) is 57.9. The van der Waals surface area contributed by atoms with Gasteiger partial charge in [0.05, 0.1) is 0 Å². The van der Waals surface area contributed by atoms with Crippen molar-refractivity contribution in [2.45, 2.75) is 104 Å². The van der Waals surface area contributed by atoms with Crippen LogP contribution in [-0.4, -0.2) is 34.4 Å². The third-order valence-electron chi connectivity index (χ3n) is 3.52. The summed E-state index contributed by atoms with van der Waals surface area (Å²) in [6, 6.07) is 0. The van der Waals surface area contributed by atoms with Crippen molar-refractivity contribution in [3.8, 4) is 0 Å². The molecule has 4 nitrogen and oxygen atoms in total. The number of rotatable bonds is 14. The van der Waals surface area contributed by atoms with E-state index in [9.17, 15) is 0 Å². The van der Waals surface area contributed by atoms with Crippen LogP contribution < -0.4 is 0 Å². The van der Waals surface area contributed by atoms with Gasteiger partial charge in [-0.3, -0.25) is 0 Å². The molecule has 0 aliphatic rings. The van der Waals surface area contributed by atoms with Gasteiger partial charge in [-0.15, -0.1) is 0 Å². The van der Waals surface area contributed by atoms with E-state index in [1.165, 1.54) is 77.0 Å². The normalized spacial score (nSPS) is 8.87. The van der Waals surface area contributed by atoms with Crippen LogP contribution in [0, 0.1) is 0 Å². The summed E-state index contributed by atoms with van der Waals surface area (Å²) in [6.07, 6.45) is 17.9. The summed E-state index contributed by atoms with van der Waals surface area (Å²) >= 11 is 0. The average molecular weight is 372 g/mol. The number of hydrogen-bond acceptors (Lipinski definition) is 2. The van der Waals surface area contributed by atoms with Crippen LogP contribution in [0.15, 0.2) is 0 Å². The molecule has 0 bridgehead atoms. The maximum Gasteiger partial charge on any atom is 0.0431 e. The Morgan fingerprint density at radius 2 is 0.652 bits per heavy atom. The molecular formula is C18H44O4Ti. The molecule has 0 radical (unpaired) electrons. The van der Waals surface area contributed by atoms with E-state index >= 15 is 0 Å². The van der Waals surface area contributed by atoms with E-state index < -0.39 is 0 Å². The maximum absolute atomic E-state index is 8.47. The Balaban J connectivity index is -0.0000000831. The van der Waals surface area contributed by atoms with Gasteiger partial charge in [0.2, 0.25) is 0 Å². The largest absolute Gasteiger partial charge is 0.412 e. The molecule has 0 fully saturated rings. The first-order valence-corrected chi connectivity index (χ1v) is 9.05. The van der Waals surface area contributed by atoms with Crippen molar-refractivity contribution in [1.82, 2.24) is 0 Å². The Bertz CT molecular complexity index is 117. The molecule has 0 saturated heterocycles. The van der Waals surface area contributed by atoms with Crippen molar-refractivity contribution < 1.29 is 42.9 Å². The molecule has 0 amide bonds. The van der Waals surface area contributed by atoms with E-state index in [1.54, 1.807) is 0 Å². The molecule has 6 N–H and O–H groups in total. The Morgan fingerprint density at radius 1 is 0.435 bits per heavy atom. The first kappa shape index (κ1) is 34.8. The summed E-state index contributed by atoms with van der Waals surface area (Å²) in [7, 11) is 0. The average Bonchev–Trinajstić information content (AvgIpc) is 2.47. The second-order valence-corrected chi connectivity index (χ2v) is 5.69. The minimum absolute atomic E-state index is 0. The fourth-order valence-electron chi connectivity index (χ4n) is 2.14. The first-order chi connectivity index (χ1) is 9.83. The summed E-state index contributed by atoms with van der Waals surface area (Å²) < 4.78 is 0. The Morgan fingerprint density at radius 3 is 0.870 bits per heavy atom. The molecule has 0 aromatic rings. The van der Waals surface area contributed by atoms with Gasteiger partial charge >= 0.3 is 0 Å². The standard InChI is InChI=1S/2C9H20O.2H2O.Ti/c2*1-2-3-4-5-6-7-8-9-10;;;/h2*10H,2-9H2,1H3;2*1H2;. The van der Waals surface area contributed by atoms with Gasteiger partial charge in [0, 0.05) is 34.9 Å². The van der Waals surface area contributed by atoms with Crippen LogP contribution in [-0.2, 0) is 21.7 Å². The number of aliphatic hydroxyl groups excluding tert-OH is 2. The van der Waals surface area contributed by atoms with Gasteiger partial charge in [-0.25, -0.2) is 0 Å². The minimum atomic E-state index is 0.